The van der Waals surface area contributed by atoms with Crippen molar-refractivity contribution in [3.8, 4) is 22.8 Å². The first-order valence-electron chi connectivity index (χ1n) is 12.7. The van der Waals surface area contributed by atoms with Crippen LogP contribution < -0.4 is 20.2 Å². The fourth-order valence-electron chi connectivity index (χ4n) is 3.58. The van der Waals surface area contributed by atoms with Gasteiger partial charge in [-0.3, -0.25) is 4.79 Å². The van der Waals surface area contributed by atoms with Crippen LogP contribution in [0.5, 0.6) is 11.5 Å². The quantitative estimate of drug-likeness (QED) is 0.125. The number of hydrogen-bond donors (Lipinski definition) is 2. The summed E-state index contributed by atoms with van der Waals surface area (Å²) in [5.41, 5.74) is 7.59. The van der Waals surface area contributed by atoms with E-state index in [0.29, 0.717) is 29.2 Å². The second-order valence-corrected chi connectivity index (χ2v) is 9.40. The van der Waals surface area contributed by atoms with Gasteiger partial charge in [-0.2, -0.15) is 5.10 Å². The van der Waals surface area contributed by atoms with E-state index in [1.165, 1.54) is 23.1 Å². The SMILES string of the molecule is CCOC(=O)COc1ccc(/C=N\NC(=O)c2ccc(-c3csc(Nc4ccc(C)cc4)n3)cc2)cc1OCC. The number of aromatic nitrogens is 1. The number of nitrogens with one attached hydrogen (secondary N) is 2. The number of hydrogen-bond acceptors (Lipinski definition) is 9. The van der Waals surface area contributed by atoms with E-state index in [4.69, 9.17) is 14.2 Å². The Labute approximate surface area is 236 Å². The average molecular weight is 559 g/mol. The zero-order chi connectivity index (χ0) is 28.3. The summed E-state index contributed by atoms with van der Waals surface area (Å²) < 4.78 is 16.0. The lowest BCUT2D eigenvalue weighted by Crippen LogP contribution is -2.17. The van der Waals surface area contributed by atoms with Gasteiger partial charge in [0.25, 0.3) is 5.91 Å². The minimum Gasteiger partial charge on any atom is -0.490 e. The Balaban J connectivity index is 1.33. The fourth-order valence-corrected chi connectivity index (χ4v) is 4.32. The van der Waals surface area contributed by atoms with Gasteiger partial charge in [0.15, 0.2) is 23.2 Å². The van der Waals surface area contributed by atoms with Crippen LogP contribution in [0.25, 0.3) is 11.3 Å². The number of anilines is 2. The topological polar surface area (TPSA) is 111 Å². The monoisotopic (exact) mass is 558 g/mol. The third-order valence-electron chi connectivity index (χ3n) is 5.55. The van der Waals surface area contributed by atoms with Crippen LogP contribution in [-0.2, 0) is 9.53 Å². The van der Waals surface area contributed by atoms with Crippen LogP contribution in [0.15, 0.2) is 77.2 Å². The summed E-state index contributed by atoms with van der Waals surface area (Å²) in [6.07, 6.45) is 1.50. The minimum atomic E-state index is -0.460. The Morgan fingerprint density at radius 3 is 2.45 bits per heavy atom. The molecule has 0 saturated carbocycles. The van der Waals surface area contributed by atoms with Gasteiger partial charge in [0.05, 0.1) is 25.1 Å². The maximum Gasteiger partial charge on any atom is 0.344 e. The predicted molar refractivity (Wildman–Crippen MR) is 157 cm³/mol. The highest BCUT2D eigenvalue weighted by molar-refractivity contribution is 7.14. The van der Waals surface area contributed by atoms with Gasteiger partial charge in [-0.25, -0.2) is 15.2 Å². The third-order valence-corrected chi connectivity index (χ3v) is 6.31. The molecule has 0 aliphatic carbocycles. The van der Waals surface area contributed by atoms with Crippen molar-refractivity contribution in [2.45, 2.75) is 20.8 Å². The van der Waals surface area contributed by atoms with Crippen molar-refractivity contribution in [1.82, 2.24) is 10.4 Å². The zero-order valence-electron chi connectivity index (χ0n) is 22.5. The maximum atomic E-state index is 12.6. The lowest BCUT2D eigenvalue weighted by molar-refractivity contribution is -0.145. The Morgan fingerprint density at radius 2 is 1.73 bits per heavy atom. The Morgan fingerprint density at radius 1 is 0.950 bits per heavy atom. The van der Waals surface area contributed by atoms with E-state index in [1.54, 1.807) is 37.3 Å². The van der Waals surface area contributed by atoms with Crippen molar-refractivity contribution in [2.75, 3.05) is 25.1 Å². The molecule has 0 unspecified atom stereocenters. The number of esters is 1. The van der Waals surface area contributed by atoms with E-state index in [0.717, 1.165) is 22.1 Å². The zero-order valence-corrected chi connectivity index (χ0v) is 23.3. The fraction of sp³-hybridized carbons (Fsp3) is 0.200. The second kappa shape index (κ2) is 13.9. The summed E-state index contributed by atoms with van der Waals surface area (Å²) in [7, 11) is 0. The lowest BCUT2D eigenvalue weighted by Gasteiger charge is -2.12. The number of carbonyl (C=O) groups is 2. The van der Waals surface area contributed by atoms with Gasteiger partial charge in [-0.05, 0) is 68.8 Å². The lowest BCUT2D eigenvalue weighted by atomic mass is 10.1. The molecular formula is C30H30N4O5S. The number of rotatable bonds is 12. The van der Waals surface area contributed by atoms with Crippen LogP contribution in [0.3, 0.4) is 0 Å². The highest BCUT2D eigenvalue weighted by Crippen LogP contribution is 2.29. The number of hydrazone groups is 1. The molecule has 0 aliphatic rings. The van der Waals surface area contributed by atoms with Crippen molar-refractivity contribution in [2.24, 2.45) is 5.10 Å². The number of ether oxygens (including phenoxy) is 3. The van der Waals surface area contributed by atoms with Crippen molar-refractivity contribution in [3.63, 3.8) is 0 Å². The van der Waals surface area contributed by atoms with E-state index in [1.807, 2.05) is 55.6 Å². The first kappa shape index (κ1) is 28.3. The molecule has 1 heterocycles. The van der Waals surface area contributed by atoms with Crippen LogP contribution in [0, 0.1) is 6.92 Å². The molecule has 0 atom stereocenters. The van der Waals surface area contributed by atoms with E-state index in [9.17, 15) is 9.59 Å². The van der Waals surface area contributed by atoms with Gasteiger partial charge >= 0.3 is 5.97 Å². The van der Waals surface area contributed by atoms with Gasteiger partial charge < -0.3 is 19.5 Å². The van der Waals surface area contributed by atoms with Gasteiger partial charge in [0.1, 0.15) is 0 Å². The first-order chi connectivity index (χ1) is 19.4. The van der Waals surface area contributed by atoms with Crippen molar-refractivity contribution >= 4 is 40.2 Å². The molecule has 3 aromatic carbocycles. The molecular weight excluding hydrogens is 528 g/mol. The molecule has 1 amide bonds. The van der Waals surface area contributed by atoms with E-state index >= 15 is 0 Å². The molecule has 0 radical (unpaired) electrons. The summed E-state index contributed by atoms with van der Waals surface area (Å²) in [5, 5.41) is 10.1. The molecule has 206 valence electrons. The molecule has 4 rings (SSSR count). The highest BCUT2D eigenvalue weighted by atomic mass is 32.1. The molecule has 1 aromatic heterocycles. The number of amides is 1. The summed E-state index contributed by atoms with van der Waals surface area (Å²) in [6.45, 7) is 6.10. The highest BCUT2D eigenvalue weighted by Gasteiger charge is 2.11. The number of carbonyl (C=O) groups excluding carboxylic acids is 2. The number of benzene rings is 3. The molecule has 0 bridgehead atoms. The van der Waals surface area contributed by atoms with E-state index in [2.05, 4.69) is 20.8 Å². The Bertz CT molecular complexity index is 1470. The van der Waals surface area contributed by atoms with Crippen LogP contribution >= 0.6 is 11.3 Å². The molecule has 40 heavy (non-hydrogen) atoms. The van der Waals surface area contributed by atoms with Gasteiger partial charge in [0, 0.05) is 22.2 Å². The summed E-state index contributed by atoms with van der Waals surface area (Å²) in [4.78, 5) is 28.8. The largest absolute Gasteiger partial charge is 0.490 e. The van der Waals surface area contributed by atoms with Gasteiger partial charge in [0.2, 0.25) is 0 Å². The van der Waals surface area contributed by atoms with Crippen LogP contribution in [0.2, 0.25) is 0 Å². The number of thiazole rings is 1. The van der Waals surface area contributed by atoms with Crippen LogP contribution in [0.1, 0.15) is 35.3 Å². The summed E-state index contributed by atoms with van der Waals surface area (Å²) in [6, 6.07) is 20.4. The maximum absolute atomic E-state index is 12.6. The number of aryl methyl sites for hydroxylation is 1. The predicted octanol–water partition coefficient (Wildman–Crippen LogP) is 5.97. The van der Waals surface area contributed by atoms with Crippen LogP contribution in [0.4, 0.5) is 10.8 Å². The standard InChI is InChI=1S/C30H30N4O5S/c1-4-37-27-16-21(8-15-26(27)39-18-28(35)38-5-2)17-31-34-29(36)23-11-9-22(10-12-23)25-19-40-30(33-25)32-24-13-6-20(3)7-14-24/h6-17,19H,4-5,18H2,1-3H3,(H,32,33)(H,34,36)/b31-17-. The molecule has 10 heteroatoms. The molecule has 2 N–H and O–H groups in total. The first-order valence-corrected chi connectivity index (χ1v) is 13.6. The molecule has 0 aliphatic heterocycles. The van der Waals surface area contributed by atoms with E-state index < -0.39 is 5.97 Å². The molecule has 0 saturated heterocycles. The second-order valence-electron chi connectivity index (χ2n) is 8.54. The van der Waals surface area contributed by atoms with E-state index in [-0.39, 0.29) is 19.1 Å². The third kappa shape index (κ3) is 7.90. The normalized spacial score (nSPS) is 10.8. The summed E-state index contributed by atoms with van der Waals surface area (Å²) in [5.74, 6) is 0.0614. The molecule has 4 aromatic rings. The Hall–Kier alpha value is -4.70. The number of nitrogens with zero attached hydrogens (tertiary/aromatic N) is 2. The Kier molecular flexibility index (Phi) is 9.84. The molecule has 0 spiro atoms. The summed E-state index contributed by atoms with van der Waals surface area (Å²) >= 11 is 1.52. The van der Waals surface area contributed by atoms with Gasteiger partial charge in [-0.15, -0.1) is 11.3 Å². The van der Waals surface area contributed by atoms with Crippen molar-refractivity contribution < 1.29 is 23.8 Å². The van der Waals surface area contributed by atoms with Crippen molar-refractivity contribution in [3.05, 3.63) is 88.8 Å². The van der Waals surface area contributed by atoms with Crippen molar-refractivity contribution in [1.29, 1.82) is 0 Å². The smallest absolute Gasteiger partial charge is 0.344 e. The average Bonchev–Trinajstić information content (AvgIpc) is 3.43. The van der Waals surface area contributed by atoms with Gasteiger partial charge in [-0.1, -0.05) is 29.8 Å². The minimum absolute atomic E-state index is 0.218. The van der Waals surface area contributed by atoms with Crippen LogP contribution in [-0.4, -0.2) is 42.9 Å². The molecule has 9 nitrogen and oxygen atoms in total. The molecule has 0 fully saturated rings.